The average molecular weight is 422 g/mol. The van der Waals surface area contributed by atoms with Crippen LogP contribution in [0.5, 0.6) is 0 Å². The molecule has 0 bridgehead atoms. The highest BCUT2D eigenvalue weighted by Gasteiger charge is 2.31. The Morgan fingerprint density at radius 1 is 1.23 bits per heavy atom. The Morgan fingerprint density at radius 2 is 2.03 bits per heavy atom. The summed E-state index contributed by atoms with van der Waals surface area (Å²) in [5.74, 6) is 0.238. The number of likely N-dealkylation sites (tertiary alicyclic amines) is 1. The third kappa shape index (κ3) is 4.62. The van der Waals surface area contributed by atoms with E-state index in [2.05, 4.69) is 29.0 Å². The van der Waals surface area contributed by atoms with Gasteiger partial charge in [0, 0.05) is 18.8 Å². The predicted octanol–water partition coefficient (Wildman–Crippen LogP) is 2.90. The third-order valence-electron chi connectivity index (χ3n) is 6.31. The van der Waals surface area contributed by atoms with Gasteiger partial charge in [0.25, 0.3) is 5.91 Å². The summed E-state index contributed by atoms with van der Waals surface area (Å²) in [6.07, 6.45) is 8.77. The molecule has 1 saturated heterocycles. The highest BCUT2D eigenvalue weighted by Crippen LogP contribution is 2.26. The van der Waals surface area contributed by atoms with E-state index in [0.29, 0.717) is 35.4 Å². The van der Waals surface area contributed by atoms with Gasteiger partial charge in [-0.3, -0.25) is 19.4 Å². The van der Waals surface area contributed by atoms with E-state index in [1.54, 1.807) is 35.4 Å². The largest absolute Gasteiger partial charge is 0.319 e. The van der Waals surface area contributed by atoms with E-state index in [1.807, 2.05) is 12.1 Å². The lowest BCUT2D eigenvalue weighted by Gasteiger charge is -2.38. The number of rotatable bonds is 6. The van der Waals surface area contributed by atoms with Crippen molar-refractivity contribution >= 4 is 23.3 Å². The maximum absolute atomic E-state index is 13.4. The number of aliphatic imine (C=N–C) groups is 1. The van der Waals surface area contributed by atoms with Gasteiger partial charge in [0.2, 0.25) is 5.91 Å². The fourth-order valence-electron chi connectivity index (χ4n) is 4.48. The molecule has 7 heteroatoms. The van der Waals surface area contributed by atoms with Crippen molar-refractivity contribution in [1.29, 1.82) is 0 Å². The minimum absolute atomic E-state index is 0.0272. The Labute approximate surface area is 184 Å². The first-order valence-electron chi connectivity index (χ1n) is 11.3. The number of amides is 2. The molecular formula is C24H31N5O2. The van der Waals surface area contributed by atoms with E-state index in [9.17, 15) is 9.59 Å². The average Bonchev–Trinajstić information content (AvgIpc) is 2.94. The number of carbonyl (C=O) groups excluding carboxylic acids is 2. The number of fused-ring (bicyclic) bond motifs is 2. The number of piperidine rings is 1. The summed E-state index contributed by atoms with van der Waals surface area (Å²) in [5.41, 5.74) is 1.63. The zero-order valence-electron chi connectivity index (χ0n) is 18.4. The number of carbonyl (C=O) groups is 2. The van der Waals surface area contributed by atoms with E-state index in [1.165, 1.54) is 6.42 Å². The molecule has 1 fully saturated rings. The lowest BCUT2D eigenvalue weighted by Crippen LogP contribution is -2.51. The number of nitrogens with zero attached hydrogens (tertiary/aromatic N) is 4. The summed E-state index contributed by atoms with van der Waals surface area (Å²) in [7, 11) is 0. The number of amidine groups is 1. The fraction of sp³-hybridized carbons (Fsp3) is 0.458. The smallest absolute Gasteiger partial charge is 0.257 e. The second-order valence-electron chi connectivity index (χ2n) is 8.20. The van der Waals surface area contributed by atoms with Crippen LogP contribution in [0.1, 0.15) is 43.5 Å². The van der Waals surface area contributed by atoms with Crippen LogP contribution in [0.3, 0.4) is 0 Å². The van der Waals surface area contributed by atoms with Crippen molar-refractivity contribution < 1.29 is 9.59 Å². The molecule has 2 amide bonds. The second-order valence-corrected chi connectivity index (χ2v) is 8.20. The lowest BCUT2D eigenvalue weighted by atomic mass is 10.0. The lowest BCUT2D eigenvalue weighted by molar-refractivity contribution is -0.127. The van der Waals surface area contributed by atoms with Gasteiger partial charge in [-0.05, 0) is 56.8 Å². The second kappa shape index (κ2) is 9.58. The first-order valence-corrected chi connectivity index (χ1v) is 11.3. The quantitative estimate of drug-likeness (QED) is 0.767. The van der Waals surface area contributed by atoms with Crippen LogP contribution in [0.15, 0.2) is 53.3 Å². The minimum Gasteiger partial charge on any atom is -0.319 e. The molecule has 3 aliphatic rings. The highest BCUT2D eigenvalue weighted by molar-refractivity contribution is 6.16. The molecule has 3 heterocycles. The van der Waals surface area contributed by atoms with Gasteiger partial charge < -0.3 is 10.2 Å². The van der Waals surface area contributed by atoms with Crippen molar-refractivity contribution in [3.8, 4) is 0 Å². The van der Waals surface area contributed by atoms with Crippen LogP contribution < -0.4 is 5.32 Å². The van der Waals surface area contributed by atoms with Crippen molar-refractivity contribution in [3.05, 3.63) is 53.9 Å². The molecule has 1 unspecified atom stereocenters. The summed E-state index contributed by atoms with van der Waals surface area (Å²) < 4.78 is 0. The van der Waals surface area contributed by atoms with Gasteiger partial charge in [-0.15, -0.1) is 0 Å². The molecule has 0 aliphatic carbocycles. The summed E-state index contributed by atoms with van der Waals surface area (Å²) in [5, 5.41) is 2.90. The van der Waals surface area contributed by atoms with E-state index in [-0.39, 0.29) is 11.8 Å². The molecule has 1 aromatic rings. The van der Waals surface area contributed by atoms with Crippen molar-refractivity contribution in [1.82, 2.24) is 20.0 Å². The molecule has 0 saturated carbocycles. The Bertz CT molecular complexity index is 932. The molecule has 164 valence electrons. The van der Waals surface area contributed by atoms with E-state index < -0.39 is 0 Å². The van der Waals surface area contributed by atoms with E-state index in [0.717, 1.165) is 39.0 Å². The van der Waals surface area contributed by atoms with Gasteiger partial charge >= 0.3 is 0 Å². The standard InChI is InChI=1S/C24H31N5O2/c1-3-27(4-2)16-18-10-7-8-14-28(18)17-22(30)29-15-9-13-21-23(29)25-20-12-6-5-11-19(20)24(31)26-21/h5-6,9,11-13,15,18H,3-4,7-8,10,14,16-17H2,1-2H3,(H,26,31). The predicted molar refractivity (Wildman–Crippen MR) is 122 cm³/mol. The monoisotopic (exact) mass is 421 g/mol. The van der Waals surface area contributed by atoms with Crippen LogP contribution in [0.2, 0.25) is 0 Å². The number of para-hydroxylation sites is 1. The Kier molecular flexibility index (Phi) is 6.63. The van der Waals surface area contributed by atoms with Gasteiger partial charge in [0.05, 0.1) is 23.5 Å². The molecule has 1 aromatic carbocycles. The zero-order chi connectivity index (χ0) is 21.8. The van der Waals surface area contributed by atoms with Crippen LogP contribution in [-0.4, -0.2) is 71.1 Å². The third-order valence-corrected chi connectivity index (χ3v) is 6.31. The summed E-state index contributed by atoms with van der Waals surface area (Å²) in [4.78, 5) is 37.0. The summed E-state index contributed by atoms with van der Waals surface area (Å²) in [6.45, 7) is 8.68. The highest BCUT2D eigenvalue weighted by atomic mass is 16.2. The molecule has 31 heavy (non-hydrogen) atoms. The maximum atomic E-state index is 13.4. The minimum atomic E-state index is -0.210. The molecule has 0 radical (unpaired) electrons. The number of nitrogens with one attached hydrogen (secondary N) is 1. The van der Waals surface area contributed by atoms with Gasteiger partial charge in [-0.25, -0.2) is 4.99 Å². The van der Waals surface area contributed by atoms with E-state index in [4.69, 9.17) is 4.99 Å². The molecule has 7 nitrogen and oxygen atoms in total. The normalized spacial score (nSPS) is 21.1. The van der Waals surface area contributed by atoms with Crippen molar-refractivity contribution in [2.45, 2.75) is 39.2 Å². The topological polar surface area (TPSA) is 68.2 Å². The van der Waals surface area contributed by atoms with Gasteiger partial charge in [0.15, 0.2) is 5.84 Å². The summed E-state index contributed by atoms with van der Waals surface area (Å²) >= 11 is 0. The van der Waals surface area contributed by atoms with Gasteiger partial charge in [-0.1, -0.05) is 32.4 Å². The number of benzene rings is 1. The maximum Gasteiger partial charge on any atom is 0.257 e. The molecule has 4 rings (SSSR count). The van der Waals surface area contributed by atoms with E-state index >= 15 is 0 Å². The first kappa shape index (κ1) is 21.5. The van der Waals surface area contributed by atoms with Crippen LogP contribution in [-0.2, 0) is 4.79 Å². The number of hydrogen-bond acceptors (Lipinski definition) is 5. The Balaban J connectivity index is 1.54. The van der Waals surface area contributed by atoms with Gasteiger partial charge in [0.1, 0.15) is 0 Å². The summed E-state index contributed by atoms with van der Waals surface area (Å²) in [6, 6.07) is 7.60. The van der Waals surface area contributed by atoms with Crippen LogP contribution in [0.25, 0.3) is 0 Å². The van der Waals surface area contributed by atoms with Gasteiger partial charge in [-0.2, -0.15) is 0 Å². The number of hydrogen-bond donors (Lipinski definition) is 1. The van der Waals surface area contributed by atoms with Crippen molar-refractivity contribution in [2.24, 2.45) is 4.99 Å². The Morgan fingerprint density at radius 3 is 2.84 bits per heavy atom. The van der Waals surface area contributed by atoms with Crippen molar-refractivity contribution in [2.75, 3.05) is 32.7 Å². The zero-order valence-corrected chi connectivity index (χ0v) is 18.4. The SMILES string of the molecule is CCN(CC)CC1CCCCN1CC(=O)N1C=CC=C2NC(=O)c3ccccc3N=C21. The van der Waals surface area contributed by atoms with Crippen LogP contribution in [0, 0.1) is 0 Å². The molecule has 3 aliphatic heterocycles. The van der Waals surface area contributed by atoms with Crippen LogP contribution >= 0.6 is 0 Å². The number of likely N-dealkylation sites (N-methyl/N-ethyl adjacent to an activating group) is 1. The Hall–Kier alpha value is -2.77. The van der Waals surface area contributed by atoms with Crippen molar-refractivity contribution in [3.63, 3.8) is 0 Å². The molecule has 1 atom stereocenters. The molecular weight excluding hydrogens is 390 g/mol. The molecule has 0 spiro atoms. The molecule has 1 N–H and O–H groups in total. The number of allylic oxidation sites excluding steroid dienone is 2. The van der Waals surface area contributed by atoms with Crippen LogP contribution in [0.4, 0.5) is 5.69 Å². The molecule has 0 aromatic heterocycles. The first-order chi connectivity index (χ1) is 15.1. The fourth-order valence-corrected chi connectivity index (χ4v) is 4.48.